The fourth-order valence-electron chi connectivity index (χ4n) is 0.913. The molecule has 1 rings (SSSR count). The fourth-order valence-corrected chi connectivity index (χ4v) is 1.05. The van der Waals surface area contributed by atoms with E-state index in [1.54, 1.807) is 0 Å². The molecule has 14 heavy (non-hydrogen) atoms. The lowest BCUT2D eigenvalue weighted by Crippen LogP contribution is -2.05. The van der Waals surface area contributed by atoms with Crippen LogP contribution in [0.15, 0.2) is 6.07 Å². The monoisotopic (exact) mass is 224 g/mol. The summed E-state index contributed by atoms with van der Waals surface area (Å²) in [5.74, 6) is -5.56. The van der Waals surface area contributed by atoms with Crippen molar-refractivity contribution in [3.63, 3.8) is 0 Å². The summed E-state index contributed by atoms with van der Waals surface area (Å²) >= 11 is 5.05. The minimum atomic E-state index is -1.57. The predicted molar refractivity (Wildman–Crippen MR) is 42.7 cm³/mol. The molecule has 76 valence electrons. The van der Waals surface area contributed by atoms with Crippen molar-refractivity contribution in [2.45, 2.75) is 6.42 Å². The molecule has 0 atom stereocenters. The van der Waals surface area contributed by atoms with Crippen molar-refractivity contribution in [2.75, 3.05) is 0 Å². The molecule has 0 spiro atoms. The average Bonchev–Trinajstić information content (AvgIpc) is 2.10. The number of carboxylic acids is 1. The Hall–Kier alpha value is -1.23. The molecule has 2 nitrogen and oxygen atoms in total. The van der Waals surface area contributed by atoms with Crippen molar-refractivity contribution in [1.29, 1.82) is 0 Å². The summed E-state index contributed by atoms with van der Waals surface area (Å²) in [6.07, 6.45) is -0.795. The van der Waals surface area contributed by atoms with E-state index in [4.69, 9.17) is 16.7 Å². The number of carbonyl (C=O) groups is 1. The van der Waals surface area contributed by atoms with E-state index in [9.17, 15) is 18.0 Å². The molecule has 0 saturated carbocycles. The highest BCUT2D eigenvalue weighted by Crippen LogP contribution is 2.24. The summed E-state index contributed by atoms with van der Waals surface area (Å²) in [6.45, 7) is 0. The number of halogens is 4. The third kappa shape index (κ3) is 1.98. The Balaban J connectivity index is 3.25. The molecule has 1 N–H and O–H groups in total. The molecule has 0 aliphatic heterocycles. The maximum absolute atomic E-state index is 12.9. The summed E-state index contributed by atoms with van der Waals surface area (Å²) in [5.41, 5.74) is -0.572. The summed E-state index contributed by atoms with van der Waals surface area (Å²) in [6, 6.07) is 0.564. The zero-order valence-electron chi connectivity index (χ0n) is 6.65. The van der Waals surface area contributed by atoms with Gasteiger partial charge in [0.1, 0.15) is 10.8 Å². The van der Waals surface area contributed by atoms with Crippen LogP contribution < -0.4 is 0 Å². The SMILES string of the molecule is O=C(O)Cc1cc(F)c(Cl)c(F)c1F. The van der Waals surface area contributed by atoms with Gasteiger partial charge in [-0.3, -0.25) is 4.79 Å². The molecule has 0 aromatic heterocycles. The van der Waals surface area contributed by atoms with Gasteiger partial charge < -0.3 is 5.11 Å². The predicted octanol–water partition coefficient (Wildman–Crippen LogP) is 2.38. The van der Waals surface area contributed by atoms with Crippen LogP contribution in [0, 0.1) is 17.5 Å². The highest BCUT2D eigenvalue weighted by Gasteiger charge is 2.18. The Morgan fingerprint density at radius 2 is 1.93 bits per heavy atom. The first-order valence-electron chi connectivity index (χ1n) is 3.47. The van der Waals surface area contributed by atoms with Gasteiger partial charge in [-0.15, -0.1) is 0 Å². The Labute approximate surface area is 81.9 Å². The van der Waals surface area contributed by atoms with Gasteiger partial charge in [0, 0.05) is 5.56 Å². The van der Waals surface area contributed by atoms with Gasteiger partial charge in [0.15, 0.2) is 11.6 Å². The molecule has 0 fully saturated rings. The molecule has 6 heteroatoms. The second kappa shape index (κ2) is 3.88. The van der Waals surface area contributed by atoms with Crippen molar-refractivity contribution in [2.24, 2.45) is 0 Å². The number of hydrogen-bond donors (Lipinski definition) is 1. The highest BCUT2D eigenvalue weighted by molar-refractivity contribution is 6.30. The zero-order valence-corrected chi connectivity index (χ0v) is 7.41. The minimum Gasteiger partial charge on any atom is -0.481 e. The molecule has 0 aliphatic carbocycles. The van der Waals surface area contributed by atoms with Gasteiger partial charge in [0.05, 0.1) is 6.42 Å². The molecule has 1 aromatic carbocycles. The quantitative estimate of drug-likeness (QED) is 0.619. The van der Waals surface area contributed by atoms with Gasteiger partial charge in [-0.25, -0.2) is 13.2 Å². The first-order valence-corrected chi connectivity index (χ1v) is 3.85. The van der Waals surface area contributed by atoms with E-state index >= 15 is 0 Å². The number of hydrogen-bond acceptors (Lipinski definition) is 1. The Bertz CT molecular complexity index is 393. The first kappa shape index (κ1) is 10.8. The van der Waals surface area contributed by atoms with Crippen molar-refractivity contribution in [1.82, 2.24) is 0 Å². The molecule has 0 bridgehead atoms. The number of benzene rings is 1. The van der Waals surface area contributed by atoms with Gasteiger partial charge in [0.2, 0.25) is 0 Å². The van der Waals surface area contributed by atoms with E-state index < -0.39 is 40.4 Å². The van der Waals surface area contributed by atoms with E-state index in [2.05, 4.69) is 0 Å². The molecule has 0 radical (unpaired) electrons. The fraction of sp³-hybridized carbons (Fsp3) is 0.125. The van der Waals surface area contributed by atoms with E-state index in [0.717, 1.165) is 0 Å². The van der Waals surface area contributed by atoms with Crippen molar-refractivity contribution < 1.29 is 23.1 Å². The molecule has 0 amide bonds. The second-order valence-corrected chi connectivity index (χ2v) is 2.91. The Morgan fingerprint density at radius 1 is 1.36 bits per heavy atom. The Kier molecular flexibility index (Phi) is 3.00. The standard InChI is InChI=1S/C8H4ClF3O2/c9-6-4(10)1-3(2-5(13)14)7(11)8(6)12/h1H,2H2,(H,13,14). The van der Waals surface area contributed by atoms with Gasteiger partial charge >= 0.3 is 5.97 Å². The third-order valence-corrected chi connectivity index (χ3v) is 1.87. The highest BCUT2D eigenvalue weighted by atomic mass is 35.5. The van der Waals surface area contributed by atoms with Crippen LogP contribution >= 0.6 is 11.6 Å². The van der Waals surface area contributed by atoms with Gasteiger partial charge in [-0.2, -0.15) is 0 Å². The zero-order chi connectivity index (χ0) is 10.9. The van der Waals surface area contributed by atoms with Crippen LogP contribution in [-0.4, -0.2) is 11.1 Å². The number of rotatable bonds is 2. The summed E-state index contributed by atoms with van der Waals surface area (Å²) in [4.78, 5) is 10.2. The summed E-state index contributed by atoms with van der Waals surface area (Å²) < 4.78 is 38.4. The van der Waals surface area contributed by atoms with Crippen LogP contribution in [0.4, 0.5) is 13.2 Å². The maximum atomic E-state index is 12.9. The lowest BCUT2D eigenvalue weighted by molar-refractivity contribution is -0.136. The van der Waals surface area contributed by atoms with Crippen LogP contribution in [0.3, 0.4) is 0 Å². The lowest BCUT2D eigenvalue weighted by atomic mass is 10.1. The average molecular weight is 225 g/mol. The number of aliphatic carboxylic acids is 1. The maximum Gasteiger partial charge on any atom is 0.307 e. The van der Waals surface area contributed by atoms with Gasteiger partial charge in [-0.1, -0.05) is 11.6 Å². The van der Waals surface area contributed by atoms with Crippen LogP contribution in [0.2, 0.25) is 5.02 Å². The van der Waals surface area contributed by atoms with Crippen LogP contribution in [0.1, 0.15) is 5.56 Å². The van der Waals surface area contributed by atoms with Gasteiger partial charge in [-0.05, 0) is 6.07 Å². The third-order valence-electron chi connectivity index (χ3n) is 1.52. The van der Waals surface area contributed by atoms with Gasteiger partial charge in [0.25, 0.3) is 0 Å². The van der Waals surface area contributed by atoms with E-state index in [0.29, 0.717) is 6.07 Å². The molecule has 0 unspecified atom stereocenters. The normalized spacial score (nSPS) is 10.3. The topological polar surface area (TPSA) is 37.3 Å². The molecular weight excluding hydrogens is 221 g/mol. The first-order chi connectivity index (χ1) is 6.43. The second-order valence-electron chi connectivity index (χ2n) is 2.53. The van der Waals surface area contributed by atoms with E-state index in [1.165, 1.54) is 0 Å². The molecule has 1 aromatic rings. The smallest absolute Gasteiger partial charge is 0.307 e. The number of carboxylic acid groups (broad SMARTS) is 1. The van der Waals surface area contributed by atoms with Crippen LogP contribution in [0.25, 0.3) is 0 Å². The molecular formula is C8H4ClF3O2. The van der Waals surface area contributed by atoms with Crippen LogP contribution in [0.5, 0.6) is 0 Å². The van der Waals surface area contributed by atoms with E-state index in [1.807, 2.05) is 0 Å². The molecule has 0 aliphatic rings. The Morgan fingerprint density at radius 3 is 2.43 bits per heavy atom. The van der Waals surface area contributed by atoms with Crippen molar-refractivity contribution >= 4 is 17.6 Å². The van der Waals surface area contributed by atoms with Crippen molar-refractivity contribution in [3.05, 3.63) is 34.1 Å². The van der Waals surface area contributed by atoms with E-state index in [-0.39, 0.29) is 0 Å². The minimum absolute atomic E-state index is 0.564. The molecule has 0 heterocycles. The summed E-state index contributed by atoms with van der Waals surface area (Å²) in [5, 5.41) is 7.32. The van der Waals surface area contributed by atoms with Crippen molar-refractivity contribution in [3.8, 4) is 0 Å². The lowest BCUT2D eigenvalue weighted by Gasteiger charge is -2.03. The molecule has 0 saturated heterocycles. The summed E-state index contributed by atoms with van der Waals surface area (Å²) in [7, 11) is 0. The van der Waals surface area contributed by atoms with Crippen LogP contribution in [-0.2, 0) is 11.2 Å². The largest absolute Gasteiger partial charge is 0.481 e.